The molecule has 2 saturated heterocycles. The van der Waals surface area contributed by atoms with Crippen LogP contribution in [-0.2, 0) is 0 Å². The maximum absolute atomic E-state index is 3.22. The molecule has 0 radical (unpaired) electrons. The Bertz CT molecular complexity index is 45.3. The van der Waals surface area contributed by atoms with Crippen molar-refractivity contribution in [2.75, 3.05) is 26.2 Å². The number of hydrogen-bond acceptors (Lipinski definition) is 2. The molecule has 2 fully saturated rings. The zero-order chi connectivity index (χ0) is 7.07. The molecule has 2 aliphatic heterocycles. The molecular weight excluding hydrogens is 204 g/mol. The van der Waals surface area contributed by atoms with E-state index in [1.54, 1.807) is 0 Å². The van der Waals surface area contributed by atoms with Gasteiger partial charge in [-0.1, -0.05) is 0 Å². The molecule has 0 aliphatic carbocycles. The van der Waals surface area contributed by atoms with Crippen LogP contribution >= 0.6 is 17.0 Å². The van der Waals surface area contributed by atoms with Crippen molar-refractivity contribution in [3.63, 3.8) is 0 Å². The van der Waals surface area contributed by atoms with Crippen LogP contribution < -0.4 is 10.6 Å². The van der Waals surface area contributed by atoms with Gasteiger partial charge in [-0.2, -0.15) is 0 Å². The SMILES string of the molecule is Br.C1CCNC1.C1CCNC1. The Kier molecular flexibility index (Phi) is 8.81. The van der Waals surface area contributed by atoms with Crippen molar-refractivity contribution in [1.29, 1.82) is 0 Å². The summed E-state index contributed by atoms with van der Waals surface area (Å²) in [6, 6.07) is 0. The Labute approximate surface area is 79.9 Å². The number of halogens is 1. The van der Waals surface area contributed by atoms with Crippen molar-refractivity contribution < 1.29 is 0 Å². The van der Waals surface area contributed by atoms with Gasteiger partial charge in [-0.3, -0.25) is 0 Å². The number of nitrogens with one attached hydrogen (secondary N) is 2. The largest absolute Gasteiger partial charge is 0.317 e. The van der Waals surface area contributed by atoms with Gasteiger partial charge in [0.2, 0.25) is 0 Å². The van der Waals surface area contributed by atoms with Crippen molar-refractivity contribution in [1.82, 2.24) is 10.6 Å². The quantitative estimate of drug-likeness (QED) is 0.647. The van der Waals surface area contributed by atoms with Crippen molar-refractivity contribution >= 4 is 17.0 Å². The molecule has 0 aromatic heterocycles. The summed E-state index contributed by atoms with van der Waals surface area (Å²) >= 11 is 0. The van der Waals surface area contributed by atoms with Gasteiger partial charge in [-0.05, 0) is 51.9 Å². The van der Waals surface area contributed by atoms with Crippen molar-refractivity contribution in [3.05, 3.63) is 0 Å². The molecule has 3 heteroatoms. The van der Waals surface area contributed by atoms with E-state index in [4.69, 9.17) is 0 Å². The fraction of sp³-hybridized carbons (Fsp3) is 1.00. The summed E-state index contributed by atoms with van der Waals surface area (Å²) in [4.78, 5) is 0. The van der Waals surface area contributed by atoms with E-state index in [1.807, 2.05) is 0 Å². The standard InChI is InChI=1S/2C4H9N.BrH/c2*1-2-4-5-3-1;/h2*5H,1-4H2;1H. The number of rotatable bonds is 0. The Morgan fingerprint density at radius 3 is 0.909 bits per heavy atom. The first-order chi connectivity index (χ1) is 5.00. The van der Waals surface area contributed by atoms with E-state index in [1.165, 1.54) is 51.9 Å². The predicted octanol–water partition coefficient (Wildman–Crippen LogP) is 1.32. The molecule has 0 amide bonds. The van der Waals surface area contributed by atoms with Gasteiger partial charge in [-0.15, -0.1) is 17.0 Å². The van der Waals surface area contributed by atoms with E-state index >= 15 is 0 Å². The first kappa shape index (κ1) is 11.4. The van der Waals surface area contributed by atoms with Gasteiger partial charge in [-0.25, -0.2) is 0 Å². The Balaban J connectivity index is 0.000000167. The lowest BCUT2D eigenvalue weighted by atomic mass is 10.4. The predicted molar refractivity (Wildman–Crippen MR) is 54.5 cm³/mol. The van der Waals surface area contributed by atoms with Crippen LogP contribution in [-0.4, -0.2) is 26.2 Å². The van der Waals surface area contributed by atoms with Gasteiger partial charge in [0, 0.05) is 0 Å². The van der Waals surface area contributed by atoms with Crippen LogP contribution in [0.4, 0.5) is 0 Å². The molecule has 0 atom stereocenters. The zero-order valence-corrected chi connectivity index (χ0v) is 8.78. The third-order valence-corrected chi connectivity index (χ3v) is 1.91. The molecule has 0 spiro atoms. The summed E-state index contributed by atoms with van der Waals surface area (Å²) in [7, 11) is 0. The van der Waals surface area contributed by atoms with E-state index in [0.29, 0.717) is 0 Å². The van der Waals surface area contributed by atoms with Crippen LogP contribution in [0.15, 0.2) is 0 Å². The Morgan fingerprint density at radius 1 is 0.545 bits per heavy atom. The summed E-state index contributed by atoms with van der Waals surface area (Å²) in [5.74, 6) is 0. The molecule has 0 aromatic carbocycles. The highest BCUT2D eigenvalue weighted by Gasteiger charge is 1.93. The minimum atomic E-state index is 0. The maximum Gasteiger partial charge on any atom is -0.00484 e. The van der Waals surface area contributed by atoms with Crippen LogP contribution in [0.5, 0.6) is 0 Å². The minimum Gasteiger partial charge on any atom is -0.317 e. The summed E-state index contributed by atoms with van der Waals surface area (Å²) in [5.41, 5.74) is 0. The molecular formula is C8H19BrN2. The van der Waals surface area contributed by atoms with Gasteiger partial charge in [0.25, 0.3) is 0 Å². The maximum atomic E-state index is 3.22. The normalized spacial score (nSPS) is 21.8. The molecule has 0 unspecified atom stereocenters. The third-order valence-electron chi connectivity index (χ3n) is 1.91. The Morgan fingerprint density at radius 2 is 0.818 bits per heavy atom. The smallest absolute Gasteiger partial charge is 0.00484 e. The molecule has 2 aliphatic rings. The van der Waals surface area contributed by atoms with Crippen LogP contribution in [0.3, 0.4) is 0 Å². The second kappa shape index (κ2) is 8.50. The lowest BCUT2D eigenvalue weighted by Crippen LogP contribution is -2.03. The highest BCUT2D eigenvalue weighted by molar-refractivity contribution is 8.93. The first-order valence-corrected chi connectivity index (χ1v) is 4.41. The average molecular weight is 223 g/mol. The van der Waals surface area contributed by atoms with Gasteiger partial charge < -0.3 is 10.6 Å². The fourth-order valence-corrected chi connectivity index (χ4v) is 1.25. The summed E-state index contributed by atoms with van der Waals surface area (Å²) in [5, 5.41) is 6.44. The summed E-state index contributed by atoms with van der Waals surface area (Å²) in [6.07, 6.45) is 5.56. The molecule has 2 nitrogen and oxygen atoms in total. The third kappa shape index (κ3) is 6.78. The summed E-state index contributed by atoms with van der Waals surface area (Å²) in [6.45, 7) is 5.00. The molecule has 2 rings (SSSR count). The van der Waals surface area contributed by atoms with E-state index in [-0.39, 0.29) is 17.0 Å². The van der Waals surface area contributed by atoms with Gasteiger partial charge >= 0.3 is 0 Å². The fourth-order valence-electron chi connectivity index (χ4n) is 1.25. The van der Waals surface area contributed by atoms with Crippen LogP contribution in [0.2, 0.25) is 0 Å². The molecule has 0 saturated carbocycles. The Hall–Kier alpha value is 0.400. The first-order valence-electron chi connectivity index (χ1n) is 4.41. The molecule has 11 heavy (non-hydrogen) atoms. The lowest BCUT2D eigenvalue weighted by molar-refractivity contribution is 0.857. The topological polar surface area (TPSA) is 24.1 Å². The molecule has 0 aromatic rings. The van der Waals surface area contributed by atoms with Gasteiger partial charge in [0.05, 0.1) is 0 Å². The monoisotopic (exact) mass is 222 g/mol. The second-order valence-corrected chi connectivity index (χ2v) is 2.91. The molecule has 2 heterocycles. The van der Waals surface area contributed by atoms with E-state index in [2.05, 4.69) is 10.6 Å². The minimum absolute atomic E-state index is 0. The van der Waals surface area contributed by atoms with E-state index in [9.17, 15) is 0 Å². The summed E-state index contributed by atoms with van der Waals surface area (Å²) < 4.78 is 0. The van der Waals surface area contributed by atoms with Gasteiger partial charge in [0.1, 0.15) is 0 Å². The van der Waals surface area contributed by atoms with Crippen molar-refractivity contribution in [2.45, 2.75) is 25.7 Å². The zero-order valence-electron chi connectivity index (χ0n) is 7.07. The van der Waals surface area contributed by atoms with Crippen LogP contribution in [0.1, 0.15) is 25.7 Å². The van der Waals surface area contributed by atoms with Crippen LogP contribution in [0, 0.1) is 0 Å². The van der Waals surface area contributed by atoms with Gasteiger partial charge in [0.15, 0.2) is 0 Å². The highest BCUT2D eigenvalue weighted by Crippen LogP contribution is 1.90. The highest BCUT2D eigenvalue weighted by atomic mass is 79.9. The average Bonchev–Trinajstić information content (AvgIpc) is 2.67. The lowest BCUT2D eigenvalue weighted by Gasteiger charge is -1.76. The second-order valence-electron chi connectivity index (χ2n) is 2.91. The molecule has 0 bridgehead atoms. The van der Waals surface area contributed by atoms with Crippen molar-refractivity contribution in [2.24, 2.45) is 0 Å². The van der Waals surface area contributed by atoms with E-state index in [0.717, 1.165) is 0 Å². The molecule has 2 N–H and O–H groups in total. The van der Waals surface area contributed by atoms with Crippen LogP contribution in [0.25, 0.3) is 0 Å². The van der Waals surface area contributed by atoms with E-state index < -0.39 is 0 Å². The number of hydrogen-bond donors (Lipinski definition) is 2. The molecule has 68 valence electrons. The van der Waals surface area contributed by atoms with Crippen molar-refractivity contribution in [3.8, 4) is 0 Å².